The first-order valence-corrected chi connectivity index (χ1v) is 4.62. The van der Waals surface area contributed by atoms with Crippen LogP contribution in [0.2, 0.25) is 0 Å². The molecule has 1 aromatic rings. The van der Waals surface area contributed by atoms with Crippen molar-refractivity contribution in [3.05, 3.63) is 29.6 Å². The Kier molecular flexibility index (Phi) is 2.55. The number of benzene rings is 1. The van der Waals surface area contributed by atoms with E-state index in [4.69, 9.17) is 4.84 Å². The smallest absolute Gasteiger partial charge is 0.281 e. The van der Waals surface area contributed by atoms with Crippen LogP contribution < -0.4 is 0 Å². The third kappa shape index (κ3) is 1.92. The number of carbonyl (C=O) groups is 1. The zero-order valence-electron chi connectivity index (χ0n) is 7.94. The normalized spacial score (nSPS) is 15.7. The third-order valence-electron chi connectivity index (χ3n) is 2.17. The van der Waals surface area contributed by atoms with Crippen molar-refractivity contribution in [3.8, 4) is 5.75 Å². The molecule has 2 rings (SSSR count). The van der Waals surface area contributed by atoms with Gasteiger partial charge in [-0.25, -0.2) is 9.45 Å². The Morgan fingerprint density at radius 3 is 2.93 bits per heavy atom. The maximum absolute atomic E-state index is 12.7. The van der Waals surface area contributed by atoms with Crippen LogP contribution in [-0.2, 0) is 4.84 Å². The van der Waals surface area contributed by atoms with Gasteiger partial charge in [-0.15, -0.1) is 0 Å². The van der Waals surface area contributed by atoms with Crippen LogP contribution in [0.4, 0.5) is 4.39 Å². The van der Waals surface area contributed by atoms with E-state index in [0.29, 0.717) is 13.2 Å². The molecule has 0 bridgehead atoms. The number of hydrogen-bond acceptors (Lipinski definition) is 3. The first-order valence-electron chi connectivity index (χ1n) is 4.62. The predicted octanol–water partition coefficient (Wildman–Crippen LogP) is 1.31. The lowest BCUT2D eigenvalue weighted by Gasteiger charge is -2.14. The molecule has 1 aliphatic rings. The SMILES string of the molecule is O=C(c1ccc(F)cc1O)N1CCCO1. The Hall–Kier alpha value is -1.62. The molecule has 0 radical (unpaired) electrons. The minimum Gasteiger partial charge on any atom is -0.507 e. The van der Waals surface area contributed by atoms with E-state index in [1.165, 1.54) is 11.1 Å². The van der Waals surface area contributed by atoms with Crippen molar-refractivity contribution in [2.45, 2.75) is 6.42 Å². The van der Waals surface area contributed by atoms with Crippen molar-refractivity contribution in [1.29, 1.82) is 0 Å². The fraction of sp³-hybridized carbons (Fsp3) is 0.300. The largest absolute Gasteiger partial charge is 0.507 e. The van der Waals surface area contributed by atoms with Gasteiger partial charge >= 0.3 is 0 Å². The fourth-order valence-corrected chi connectivity index (χ4v) is 1.43. The van der Waals surface area contributed by atoms with E-state index in [-0.39, 0.29) is 11.3 Å². The second-order valence-electron chi connectivity index (χ2n) is 3.26. The average Bonchev–Trinajstić information content (AvgIpc) is 2.69. The number of halogens is 1. The Bertz CT molecular complexity index is 388. The molecule has 1 heterocycles. The molecule has 0 aliphatic carbocycles. The van der Waals surface area contributed by atoms with E-state index in [9.17, 15) is 14.3 Å². The molecule has 80 valence electrons. The molecule has 0 saturated carbocycles. The Morgan fingerprint density at radius 2 is 2.33 bits per heavy atom. The number of amides is 1. The Balaban J connectivity index is 2.24. The Labute approximate surface area is 85.8 Å². The first-order chi connectivity index (χ1) is 7.18. The van der Waals surface area contributed by atoms with E-state index in [2.05, 4.69) is 0 Å². The van der Waals surface area contributed by atoms with Gasteiger partial charge in [-0.2, -0.15) is 0 Å². The van der Waals surface area contributed by atoms with Gasteiger partial charge in [0, 0.05) is 6.07 Å². The van der Waals surface area contributed by atoms with Crippen LogP contribution in [0.15, 0.2) is 18.2 Å². The standard InChI is InChI=1S/C10H10FNO3/c11-7-2-3-8(9(13)6-7)10(14)12-4-1-5-15-12/h2-3,6,13H,1,4-5H2. The lowest BCUT2D eigenvalue weighted by Crippen LogP contribution is -2.26. The molecular formula is C10H10FNO3. The summed E-state index contributed by atoms with van der Waals surface area (Å²) in [5.74, 6) is -1.38. The molecule has 1 saturated heterocycles. The molecule has 0 aromatic heterocycles. The zero-order chi connectivity index (χ0) is 10.8. The van der Waals surface area contributed by atoms with Gasteiger partial charge in [-0.3, -0.25) is 9.63 Å². The molecule has 1 aromatic carbocycles. The maximum Gasteiger partial charge on any atom is 0.281 e. The van der Waals surface area contributed by atoms with Crippen molar-refractivity contribution >= 4 is 5.91 Å². The summed E-state index contributed by atoms with van der Waals surface area (Å²) in [7, 11) is 0. The monoisotopic (exact) mass is 211 g/mol. The highest BCUT2D eigenvalue weighted by Crippen LogP contribution is 2.21. The molecule has 4 nitrogen and oxygen atoms in total. The molecule has 15 heavy (non-hydrogen) atoms. The van der Waals surface area contributed by atoms with Crippen LogP contribution in [0, 0.1) is 5.82 Å². The highest BCUT2D eigenvalue weighted by Gasteiger charge is 2.23. The van der Waals surface area contributed by atoms with Gasteiger partial charge in [0.05, 0.1) is 18.7 Å². The fourth-order valence-electron chi connectivity index (χ4n) is 1.43. The highest BCUT2D eigenvalue weighted by molar-refractivity contribution is 5.96. The minimum atomic E-state index is -0.577. The summed E-state index contributed by atoms with van der Waals surface area (Å²) in [6.45, 7) is 0.989. The summed E-state index contributed by atoms with van der Waals surface area (Å²) in [4.78, 5) is 16.7. The van der Waals surface area contributed by atoms with Crippen molar-refractivity contribution in [2.24, 2.45) is 0 Å². The van der Waals surface area contributed by atoms with Gasteiger partial charge in [-0.1, -0.05) is 0 Å². The summed E-state index contributed by atoms with van der Waals surface area (Å²) < 4.78 is 12.7. The second kappa shape index (κ2) is 3.86. The topological polar surface area (TPSA) is 49.8 Å². The maximum atomic E-state index is 12.7. The first kappa shape index (κ1) is 9.92. The van der Waals surface area contributed by atoms with Crippen LogP contribution in [0.5, 0.6) is 5.75 Å². The summed E-state index contributed by atoms with van der Waals surface area (Å²) in [5.41, 5.74) is 0.0540. The molecule has 1 fully saturated rings. The van der Waals surface area contributed by atoms with Crippen molar-refractivity contribution in [3.63, 3.8) is 0 Å². The van der Waals surface area contributed by atoms with Gasteiger partial charge in [0.25, 0.3) is 5.91 Å². The molecule has 1 aliphatic heterocycles. The van der Waals surface area contributed by atoms with Gasteiger partial charge in [0.2, 0.25) is 0 Å². The van der Waals surface area contributed by atoms with E-state index in [1.54, 1.807) is 0 Å². The number of phenolic OH excluding ortho intramolecular Hbond substituents is 1. The number of carbonyl (C=O) groups excluding carboxylic acids is 1. The number of hydroxylamine groups is 2. The van der Waals surface area contributed by atoms with Crippen LogP contribution in [0.3, 0.4) is 0 Å². The lowest BCUT2D eigenvalue weighted by molar-refractivity contribution is -0.0769. The molecule has 1 N–H and O–H groups in total. The van der Waals surface area contributed by atoms with Crippen LogP contribution in [0.25, 0.3) is 0 Å². The minimum absolute atomic E-state index is 0.0540. The number of nitrogens with zero attached hydrogens (tertiary/aromatic N) is 1. The number of phenols is 1. The van der Waals surface area contributed by atoms with Crippen molar-refractivity contribution in [2.75, 3.05) is 13.2 Å². The second-order valence-corrected chi connectivity index (χ2v) is 3.26. The van der Waals surface area contributed by atoms with Gasteiger partial charge in [-0.05, 0) is 18.6 Å². The van der Waals surface area contributed by atoms with Crippen molar-refractivity contribution < 1.29 is 19.1 Å². The Morgan fingerprint density at radius 1 is 1.53 bits per heavy atom. The third-order valence-corrected chi connectivity index (χ3v) is 2.17. The molecular weight excluding hydrogens is 201 g/mol. The molecule has 0 spiro atoms. The predicted molar refractivity (Wildman–Crippen MR) is 49.7 cm³/mol. The van der Waals surface area contributed by atoms with E-state index in [0.717, 1.165) is 18.6 Å². The van der Waals surface area contributed by atoms with E-state index < -0.39 is 11.7 Å². The summed E-state index contributed by atoms with van der Waals surface area (Å²) >= 11 is 0. The molecule has 0 atom stereocenters. The van der Waals surface area contributed by atoms with E-state index in [1.807, 2.05) is 0 Å². The lowest BCUT2D eigenvalue weighted by atomic mass is 10.2. The van der Waals surface area contributed by atoms with E-state index >= 15 is 0 Å². The number of aromatic hydroxyl groups is 1. The molecule has 0 unspecified atom stereocenters. The molecule has 1 amide bonds. The van der Waals surface area contributed by atoms with Crippen LogP contribution >= 0.6 is 0 Å². The van der Waals surface area contributed by atoms with Gasteiger partial charge in [0.1, 0.15) is 11.6 Å². The summed E-state index contributed by atoms with van der Waals surface area (Å²) in [6, 6.07) is 3.28. The highest BCUT2D eigenvalue weighted by atomic mass is 19.1. The number of rotatable bonds is 1. The summed E-state index contributed by atoms with van der Waals surface area (Å²) in [6.07, 6.45) is 0.772. The quantitative estimate of drug-likeness (QED) is 0.761. The van der Waals surface area contributed by atoms with Gasteiger partial charge in [0.15, 0.2) is 0 Å². The zero-order valence-corrected chi connectivity index (χ0v) is 7.94. The van der Waals surface area contributed by atoms with Crippen LogP contribution in [-0.4, -0.2) is 29.2 Å². The summed E-state index contributed by atoms with van der Waals surface area (Å²) in [5, 5.41) is 10.6. The van der Waals surface area contributed by atoms with Crippen molar-refractivity contribution in [1.82, 2.24) is 5.06 Å². The van der Waals surface area contributed by atoms with Gasteiger partial charge < -0.3 is 5.11 Å². The molecule has 5 heteroatoms. The van der Waals surface area contributed by atoms with Crippen LogP contribution in [0.1, 0.15) is 16.8 Å². The average molecular weight is 211 g/mol. The number of hydrogen-bond donors (Lipinski definition) is 1.